The Balaban J connectivity index is 1.31. The first-order valence-electron chi connectivity index (χ1n) is 10.7. The van der Waals surface area contributed by atoms with Gasteiger partial charge in [0.2, 0.25) is 0 Å². The molecule has 1 aliphatic rings. The first-order chi connectivity index (χ1) is 15.9. The average Bonchev–Trinajstić information content (AvgIpc) is 3.40. The van der Waals surface area contributed by atoms with E-state index < -0.39 is 10.0 Å². The number of carbonyl (C=O) groups is 1. The Bertz CT molecular complexity index is 1160. The number of morpholine rings is 1. The van der Waals surface area contributed by atoms with Gasteiger partial charge in [-0.1, -0.05) is 30.3 Å². The Morgan fingerprint density at radius 1 is 1.03 bits per heavy atom. The van der Waals surface area contributed by atoms with Gasteiger partial charge in [-0.3, -0.25) is 14.0 Å². The van der Waals surface area contributed by atoms with Crippen molar-refractivity contribution < 1.29 is 17.9 Å². The molecule has 1 saturated heterocycles. The van der Waals surface area contributed by atoms with Crippen LogP contribution in [0, 0.1) is 0 Å². The smallest absolute Gasteiger partial charge is 0.273 e. The quantitative estimate of drug-likeness (QED) is 0.530. The lowest BCUT2D eigenvalue weighted by Gasteiger charge is -2.26. The lowest BCUT2D eigenvalue weighted by atomic mass is 10.1. The maximum atomic E-state index is 12.7. The van der Waals surface area contributed by atoms with E-state index in [1.165, 1.54) is 28.3 Å². The summed E-state index contributed by atoms with van der Waals surface area (Å²) in [7, 11) is -2.09. The van der Waals surface area contributed by atoms with Gasteiger partial charge in [-0.25, -0.2) is 8.42 Å². The van der Waals surface area contributed by atoms with Gasteiger partial charge in [-0.05, 0) is 46.8 Å². The van der Waals surface area contributed by atoms with Crippen LogP contribution in [-0.2, 0) is 27.8 Å². The third kappa shape index (κ3) is 5.80. The first-order valence-corrected chi connectivity index (χ1v) is 13.0. The highest BCUT2D eigenvalue weighted by Crippen LogP contribution is 2.25. The second kappa shape index (κ2) is 10.5. The van der Waals surface area contributed by atoms with Gasteiger partial charge in [0.25, 0.3) is 15.9 Å². The van der Waals surface area contributed by atoms with Crippen molar-refractivity contribution in [2.75, 3.05) is 37.7 Å². The average molecular weight is 486 g/mol. The number of thiophene rings is 1. The zero-order valence-electron chi connectivity index (χ0n) is 18.4. The van der Waals surface area contributed by atoms with Crippen LogP contribution in [0.15, 0.2) is 70.3 Å². The molecule has 0 unspecified atom stereocenters. The van der Waals surface area contributed by atoms with Crippen molar-refractivity contribution in [2.24, 2.45) is 0 Å². The number of rotatable bonds is 8. The summed E-state index contributed by atoms with van der Waals surface area (Å²) in [5.41, 5.74) is 3.23. The van der Waals surface area contributed by atoms with Crippen molar-refractivity contribution in [3.63, 3.8) is 0 Å². The monoisotopic (exact) mass is 485 g/mol. The van der Waals surface area contributed by atoms with Crippen molar-refractivity contribution in [1.82, 2.24) is 10.2 Å². The van der Waals surface area contributed by atoms with E-state index in [1.807, 2.05) is 12.1 Å². The first kappa shape index (κ1) is 23.4. The Morgan fingerprint density at radius 3 is 2.33 bits per heavy atom. The number of hydrogen-bond acceptors (Lipinski definition) is 6. The van der Waals surface area contributed by atoms with Crippen molar-refractivity contribution in [1.29, 1.82) is 0 Å². The van der Waals surface area contributed by atoms with Crippen molar-refractivity contribution in [3.05, 3.63) is 82.7 Å². The summed E-state index contributed by atoms with van der Waals surface area (Å²) in [6, 6.07) is 18.1. The molecule has 0 radical (unpaired) electrons. The normalized spacial score (nSPS) is 14.7. The summed E-state index contributed by atoms with van der Waals surface area (Å²) in [5, 5.41) is 4.65. The van der Waals surface area contributed by atoms with E-state index in [0.717, 1.165) is 38.4 Å². The van der Waals surface area contributed by atoms with Crippen molar-refractivity contribution in [3.8, 4) is 0 Å². The fraction of sp³-hybridized carbons (Fsp3) is 0.292. The third-order valence-electron chi connectivity index (χ3n) is 5.59. The minimum Gasteiger partial charge on any atom is -0.379 e. The summed E-state index contributed by atoms with van der Waals surface area (Å²) in [6.07, 6.45) is 0. The van der Waals surface area contributed by atoms with Crippen LogP contribution in [-0.4, -0.2) is 52.6 Å². The van der Waals surface area contributed by atoms with E-state index in [2.05, 4.69) is 22.3 Å². The number of ether oxygens (including phenoxy) is 1. The lowest BCUT2D eigenvalue weighted by Crippen LogP contribution is -2.35. The molecule has 1 fully saturated rings. The van der Waals surface area contributed by atoms with Gasteiger partial charge < -0.3 is 10.1 Å². The van der Waals surface area contributed by atoms with Crippen LogP contribution in [0.2, 0.25) is 0 Å². The number of benzene rings is 2. The van der Waals surface area contributed by atoms with Gasteiger partial charge in [0.15, 0.2) is 0 Å². The van der Waals surface area contributed by atoms with Crippen LogP contribution >= 0.6 is 11.3 Å². The van der Waals surface area contributed by atoms with Crippen LogP contribution in [0.25, 0.3) is 0 Å². The summed E-state index contributed by atoms with van der Waals surface area (Å²) in [4.78, 5) is 14.9. The maximum Gasteiger partial charge on any atom is 0.273 e. The molecule has 9 heteroatoms. The molecule has 0 aliphatic carbocycles. The highest BCUT2D eigenvalue weighted by Gasteiger charge is 2.22. The Labute approximate surface area is 198 Å². The Morgan fingerprint density at radius 2 is 1.70 bits per heavy atom. The van der Waals surface area contributed by atoms with Gasteiger partial charge in [0.05, 0.1) is 18.9 Å². The zero-order valence-corrected chi connectivity index (χ0v) is 20.1. The number of amides is 1. The zero-order chi connectivity index (χ0) is 23.3. The number of anilines is 1. The molecular weight excluding hydrogens is 458 g/mol. The van der Waals surface area contributed by atoms with E-state index >= 15 is 0 Å². The fourth-order valence-electron chi connectivity index (χ4n) is 3.57. The van der Waals surface area contributed by atoms with Crippen LogP contribution in [0.5, 0.6) is 0 Å². The number of sulfonamides is 1. The highest BCUT2D eigenvalue weighted by molar-refractivity contribution is 7.94. The number of nitrogens with one attached hydrogen (secondary N) is 1. The minimum atomic E-state index is -3.60. The molecule has 1 aromatic heterocycles. The standard InChI is InChI=1S/C24H27N3O4S2/c1-26(33(29,30)23-3-2-16-32-23)22-10-8-21(9-11-22)24(28)25-17-19-4-6-20(7-5-19)18-27-12-14-31-15-13-27/h2-11,16H,12-15,17-18H2,1H3,(H,25,28). The van der Waals surface area contributed by atoms with E-state index in [4.69, 9.17) is 4.74 Å². The number of nitrogens with zero attached hydrogens (tertiary/aromatic N) is 2. The molecule has 0 spiro atoms. The number of carbonyl (C=O) groups excluding carboxylic acids is 1. The molecule has 2 aromatic carbocycles. The van der Waals surface area contributed by atoms with Gasteiger partial charge >= 0.3 is 0 Å². The van der Waals surface area contributed by atoms with Crippen LogP contribution < -0.4 is 9.62 Å². The second-order valence-corrected chi connectivity index (χ2v) is 11.0. The molecule has 0 atom stereocenters. The minimum absolute atomic E-state index is 0.206. The van der Waals surface area contributed by atoms with Gasteiger partial charge in [0.1, 0.15) is 4.21 Å². The topological polar surface area (TPSA) is 79.0 Å². The SMILES string of the molecule is CN(c1ccc(C(=O)NCc2ccc(CN3CCOCC3)cc2)cc1)S(=O)(=O)c1cccs1. The summed E-state index contributed by atoms with van der Waals surface area (Å²) in [6.45, 7) is 4.79. The molecule has 0 saturated carbocycles. The molecule has 1 N–H and O–H groups in total. The maximum absolute atomic E-state index is 12.7. The highest BCUT2D eigenvalue weighted by atomic mass is 32.2. The summed E-state index contributed by atoms with van der Waals surface area (Å²) >= 11 is 1.17. The Hall–Kier alpha value is -2.72. The second-order valence-electron chi connectivity index (χ2n) is 7.84. The van der Waals surface area contributed by atoms with Crippen molar-refractivity contribution >= 4 is 33.0 Å². The molecule has 174 valence electrons. The summed E-state index contributed by atoms with van der Waals surface area (Å²) in [5.74, 6) is -0.206. The van der Waals surface area contributed by atoms with E-state index in [9.17, 15) is 13.2 Å². The van der Waals surface area contributed by atoms with Crippen molar-refractivity contribution in [2.45, 2.75) is 17.3 Å². The molecular formula is C24H27N3O4S2. The predicted octanol–water partition coefficient (Wildman–Crippen LogP) is 3.34. The molecule has 3 aromatic rings. The van der Waals surface area contributed by atoms with Gasteiger partial charge in [-0.2, -0.15) is 0 Å². The number of hydrogen-bond donors (Lipinski definition) is 1. The van der Waals surface area contributed by atoms with E-state index in [-0.39, 0.29) is 10.1 Å². The summed E-state index contributed by atoms with van der Waals surface area (Å²) < 4.78 is 32.2. The predicted molar refractivity (Wildman–Crippen MR) is 130 cm³/mol. The fourth-order valence-corrected chi connectivity index (χ4v) is 5.93. The van der Waals surface area contributed by atoms with E-state index in [1.54, 1.807) is 41.8 Å². The molecule has 4 rings (SSSR count). The van der Waals surface area contributed by atoms with Crippen LogP contribution in [0.4, 0.5) is 5.69 Å². The molecule has 0 bridgehead atoms. The molecule has 7 nitrogen and oxygen atoms in total. The van der Waals surface area contributed by atoms with Crippen LogP contribution in [0.1, 0.15) is 21.5 Å². The van der Waals surface area contributed by atoms with E-state index in [0.29, 0.717) is 17.8 Å². The lowest BCUT2D eigenvalue weighted by molar-refractivity contribution is 0.0342. The third-order valence-corrected chi connectivity index (χ3v) is 8.75. The molecule has 1 amide bonds. The Kier molecular flexibility index (Phi) is 7.44. The molecule has 33 heavy (non-hydrogen) atoms. The largest absolute Gasteiger partial charge is 0.379 e. The molecule has 2 heterocycles. The van der Waals surface area contributed by atoms with Gasteiger partial charge in [-0.15, -0.1) is 11.3 Å². The molecule has 1 aliphatic heterocycles. The van der Waals surface area contributed by atoms with Gasteiger partial charge in [0, 0.05) is 38.8 Å². The van der Waals surface area contributed by atoms with Crippen LogP contribution in [0.3, 0.4) is 0 Å².